The third kappa shape index (κ3) is 4.77. The summed E-state index contributed by atoms with van der Waals surface area (Å²) < 4.78 is 0. The number of benzene rings is 1. The van der Waals surface area contributed by atoms with E-state index in [0.29, 0.717) is 0 Å². The van der Waals surface area contributed by atoms with Crippen LogP contribution in [0.3, 0.4) is 0 Å². The Morgan fingerprint density at radius 2 is 1.67 bits per heavy atom. The van der Waals surface area contributed by atoms with Crippen molar-refractivity contribution < 1.29 is 33.5 Å². The molecule has 0 bridgehead atoms. The van der Waals surface area contributed by atoms with Gasteiger partial charge in [-0.1, -0.05) is 36.4 Å². The SMILES string of the molecule is [Cl-].[Pt].[c]1ccccc1Cc1cccc(-c2ccccn2)n1. The Morgan fingerprint density at radius 3 is 2.38 bits per heavy atom. The first kappa shape index (κ1) is 17.5. The normalized spacial score (nSPS) is 9.33. The van der Waals surface area contributed by atoms with Crippen molar-refractivity contribution in [2.45, 2.75) is 6.42 Å². The molecular formula is C17H13ClN2Pt-. The van der Waals surface area contributed by atoms with Crippen molar-refractivity contribution in [2.24, 2.45) is 0 Å². The van der Waals surface area contributed by atoms with Gasteiger partial charge in [-0.2, -0.15) is 0 Å². The summed E-state index contributed by atoms with van der Waals surface area (Å²) in [5, 5.41) is 0. The van der Waals surface area contributed by atoms with Crippen LogP contribution in [0.5, 0.6) is 0 Å². The molecular weight excluding hydrogens is 463 g/mol. The molecule has 4 heteroatoms. The van der Waals surface area contributed by atoms with Gasteiger partial charge in [0.05, 0.1) is 11.4 Å². The average molecular weight is 476 g/mol. The van der Waals surface area contributed by atoms with Gasteiger partial charge in [0, 0.05) is 39.4 Å². The summed E-state index contributed by atoms with van der Waals surface area (Å²) >= 11 is 0. The van der Waals surface area contributed by atoms with Gasteiger partial charge >= 0.3 is 0 Å². The molecule has 1 radical (unpaired) electrons. The second-order valence-electron chi connectivity index (χ2n) is 4.29. The number of hydrogen-bond donors (Lipinski definition) is 0. The minimum Gasteiger partial charge on any atom is -1.00 e. The van der Waals surface area contributed by atoms with Gasteiger partial charge in [0.25, 0.3) is 0 Å². The third-order valence-corrected chi connectivity index (χ3v) is 2.88. The summed E-state index contributed by atoms with van der Waals surface area (Å²) in [7, 11) is 0. The van der Waals surface area contributed by atoms with Crippen LogP contribution >= 0.6 is 0 Å². The van der Waals surface area contributed by atoms with Gasteiger partial charge in [0.2, 0.25) is 0 Å². The van der Waals surface area contributed by atoms with Gasteiger partial charge in [-0.05, 0) is 35.9 Å². The van der Waals surface area contributed by atoms with E-state index < -0.39 is 0 Å². The number of rotatable bonds is 3. The molecule has 0 spiro atoms. The smallest absolute Gasteiger partial charge is 0.0889 e. The molecule has 0 atom stereocenters. The van der Waals surface area contributed by atoms with E-state index in [0.717, 1.165) is 29.1 Å². The molecule has 3 aromatic rings. The molecule has 0 aliphatic carbocycles. The van der Waals surface area contributed by atoms with Crippen LogP contribution in [0.2, 0.25) is 0 Å². The van der Waals surface area contributed by atoms with Crippen molar-refractivity contribution in [2.75, 3.05) is 0 Å². The summed E-state index contributed by atoms with van der Waals surface area (Å²) in [6.07, 6.45) is 2.58. The van der Waals surface area contributed by atoms with Gasteiger partial charge in [-0.3, -0.25) is 9.97 Å². The Morgan fingerprint density at radius 1 is 0.857 bits per heavy atom. The first-order valence-corrected chi connectivity index (χ1v) is 6.25. The van der Waals surface area contributed by atoms with Crippen LogP contribution in [0.25, 0.3) is 11.4 Å². The fourth-order valence-electron chi connectivity index (χ4n) is 1.97. The van der Waals surface area contributed by atoms with Gasteiger partial charge in [0.1, 0.15) is 0 Å². The van der Waals surface area contributed by atoms with E-state index in [1.165, 1.54) is 0 Å². The monoisotopic (exact) mass is 475 g/mol. The maximum Gasteiger partial charge on any atom is 0.0889 e. The van der Waals surface area contributed by atoms with Crippen LogP contribution in [-0.2, 0) is 27.5 Å². The van der Waals surface area contributed by atoms with Crippen LogP contribution in [0.15, 0.2) is 66.9 Å². The molecule has 2 heterocycles. The fraction of sp³-hybridized carbons (Fsp3) is 0.0588. The first-order valence-electron chi connectivity index (χ1n) is 6.25. The van der Waals surface area contributed by atoms with Gasteiger partial charge in [-0.25, -0.2) is 0 Å². The molecule has 109 valence electrons. The van der Waals surface area contributed by atoms with Crippen molar-refractivity contribution in [3.8, 4) is 11.4 Å². The molecule has 1 aromatic carbocycles. The summed E-state index contributed by atoms with van der Waals surface area (Å²) in [4.78, 5) is 8.98. The number of pyridine rings is 2. The van der Waals surface area contributed by atoms with E-state index >= 15 is 0 Å². The van der Waals surface area contributed by atoms with Crippen molar-refractivity contribution in [3.63, 3.8) is 0 Å². The minimum atomic E-state index is 0. The molecule has 21 heavy (non-hydrogen) atoms. The van der Waals surface area contributed by atoms with Gasteiger partial charge < -0.3 is 12.4 Å². The Kier molecular flexibility index (Phi) is 7.28. The predicted octanol–water partition coefficient (Wildman–Crippen LogP) is 0.536. The molecule has 3 rings (SSSR count). The number of hydrogen-bond acceptors (Lipinski definition) is 2. The molecule has 0 saturated carbocycles. The average Bonchev–Trinajstić information content (AvgIpc) is 2.49. The van der Waals surface area contributed by atoms with E-state index in [1.807, 2.05) is 54.6 Å². The molecule has 0 saturated heterocycles. The van der Waals surface area contributed by atoms with Crippen LogP contribution in [0, 0.1) is 6.07 Å². The first-order chi connectivity index (χ1) is 9.42. The molecule has 0 aliphatic heterocycles. The van der Waals surface area contributed by atoms with E-state index in [2.05, 4.69) is 22.1 Å². The maximum absolute atomic E-state index is 4.66. The molecule has 2 nitrogen and oxygen atoms in total. The zero-order valence-corrected chi connectivity index (χ0v) is 14.2. The summed E-state index contributed by atoms with van der Waals surface area (Å²) in [6.45, 7) is 0. The Balaban J connectivity index is 0.00000110. The number of aromatic nitrogens is 2. The van der Waals surface area contributed by atoms with E-state index in [-0.39, 0.29) is 33.5 Å². The summed E-state index contributed by atoms with van der Waals surface area (Å²) in [6, 6.07) is 23.1. The van der Waals surface area contributed by atoms with E-state index in [4.69, 9.17) is 0 Å². The maximum atomic E-state index is 4.66. The zero-order chi connectivity index (χ0) is 12.9. The summed E-state index contributed by atoms with van der Waals surface area (Å²) in [5.74, 6) is 0. The minimum absolute atomic E-state index is 0. The van der Waals surface area contributed by atoms with Crippen molar-refractivity contribution in [1.29, 1.82) is 0 Å². The fourth-order valence-corrected chi connectivity index (χ4v) is 1.97. The topological polar surface area (TPSA) is 25.8 Å². The Bertz CT molecular complexity index is 660. The molecule has 0 N–H and O–H groups in total. The van der Waals surface area contributed by atoms with E-state index in [1.54, 1.807) is 6.20 Å². The molecule has 0 amide bonds. The third-order valence-electron chi connectivity index (χ3n) is 2.88. The van der Waals surface area contributed by atoms with Crippen molar-refractivity contribution in [3.05, 3.63) is 84.2 Å². The second-order valence-corrected chi connectivity index (χ2v) is 4.29. The second kappa shape index (κ2) is 8.71. The zero-order valence-electron chi connectivity index (χ0n) is 11.1. The summed E-state index contributed by atoms with van der Waals surface area (Å²) in [5.41, 5.74) is 3.99. The predicted molar refractivity (Wildman–Crippen MR) is 75.6 cm³/mol. The van der Waals surface area contributed by atoms with Crippen LogP contribution in [0.1, 0.15) is 11.3 Å². The van der Waals surface area contributed by atoms with Crippen molar-refractivity contribution >= 4 is 0 Å². The molecule has 0 fully saturated rings. The Hall–Kier alpha value is -1.50. The molecule has 0 aliphatic rings. The standard InChI is InChI=1S/C17H13N2.ClH.Pt/c1-2-7-14(8-3-1)13-15-9-6-11-17(19-15)16-10-4-5-12-18-16;;/h1-7,9-12H,13H2;1H;/p-1. The van der Waals surface area contributed by atoms with Gasteiger partial charge in [0.15, 0.2) is 0 Å². The van der Waals surface area contributed by atoms with Crippen molar-refractivity contribution in [1.82, 2.24) is 9.97 Å². The van der Waals surface area contributed by atoms with Crippen LogP contribution in [0.4, 0.5) is 0 Å². The number of halogens is 1. The quantitative estimate of drug-likeness (QED) is 0.553. The molecule has 0 unspecified atom stereocenters. The van der Waals surface area contributed by atoms with Crippen LogP contribution < -0.4 is 12.4 Å². The molecule has 2 aromatic heterocycles. The Labute approximate surface area is 145 Å². The van der Waals surface area contributed by atoms with Crippen LogP contribution in [-0.4, -0.2) is 9.97 Å². The number of nitrogens with zero attached hydrogens (tertiary/aromatic N) is 2. The van der Waals surface area contributed by atoms with E-state index in [9.17, 15) is 0 Å². The largest absolute Gasteiger partial charge is 1.00 e. The van der Waals surface area contributed by atoms with Gasteiger partial charge in [-0.15, -0.1) is 0 Å².